The lowest BCUT2D eigenvalue weighted by atomic mass is 10.2. The van der Waals surface area contributed by atoms with Crippen LogP contribution in [0.3, 0.4) is 0 Å². The number of aliphatic carboxylic acids is 1. The van der Waals surface area contributed by atoms with Crippen LogP contribution in [0.1, 0.15) is 22.6 Å². The van der Waals surface area contributed by atoms with Crippen LogP contribution in [0.2, 0.25) is 0 Å². The summed E-state index contributed by atoms with van der Waals surface area (Å²) >= 11 is 1.58. The third-order valence-electron chi connectivity index (χ3n) is 2.62. The summed E-state index contributed by atoms with van der Waals surface area (Å²) < 4.78 is 0. The molecule has 0 unspecified atom stereocenters. The highest BCUT2D eigenvalue weighted by Gasteiger charge is 2.10. The molecule has 16 heavy (non-hydrogen) atoms. The van der Waals surface area contributed by atoms with E-state index < -0.39 is 5.97 Å². The van der Waals surface area contributed by atoms with Crippen LogP contribution in [0.5, 0.6) is 0 Å². The average Bonchev–Trinajstić information content (AvgIpc) is 2.84. The molecule has 1 aromatic rings. The SMILES string of the molecule is O=C(O)Cc1ccc(CNC2CC=CC2)s1. The molecule has 1 aliphatic carbocycles. The fourth-order valence-electron chi connectivity index (χ4n) is 1.79. The Labute approximate surface area is 98.8 Å². The summed E-state index contributed by atoms with van der Waals surface area (Å²) in [6.45, 7) is 0.844. The summed E-state index contributed by atoms with van der Waals surface area (Å²) in [6, 6.07) is 4.48. The summed E-state index contributed by atoms with van der Waals surface area (Å²) in [5.41, 5.74) is 0. The number of rotatable bonds is 5. The van der Waals surface area contributed by atoms with Crippen molar-refractivity contribution in [2.45, 2.75) is 31.8 Å². The Hall–Kier alpha value is -1.13. The van der Waals surface area contributed by atoms with Gasteiger partial charge in [0.25, 0.3) is 0 Å². The van der Waals surface area contributed by atoms with E-state index in [1.165, 1.54) is 4.88 Å². The number of nitrogens with one attached hydrogen (secondary N) is 1. The molecule has 86 valence electrons. The normalized spacial score (nSPS) is 15.8. The van der Waals surface area contributed by atoms with Gasteiger partial charge in [0.1, 0.15) is 0 Å². The van der Waals surface area contributed by atoms with Gasteiger partial charge in [-0.05, 0) is 25.0 Å². The Morgan fingerprint density at radius 3 is 2.75 bits per heavy atom. The topological polar surface area (TPSA) is 49.3 Å². The second kappa shape index (κ2) is 5.27. The van der Waals surface area contributed by atoms with Gasteiger partial charge in [-0.15, -0.1) is 11.3 Å². The molecule has 0 radical (unpaired) electrons. The van der Waals surface area contributed by atoms with Crippen LogP contribution in [0, 0.1) is 0 Å². The Morgan fingerprint density at radius 2 is 2.06 bits per heavy atom. The van der Waals surface area contributed by atoms with E-state index >= 15 is 0 Å². The molecule has 0 spiro atoms. The molecule has 4 heteroatoms. The third kappa shape index (κ3) is 3.18. The maximum atomic E-state index is 10.5. The van der Waals surface area contributed by atoms with Crippen LogP contribution in [0.4, 0.5) is 0 Å². The summed E-state index contributed by atoms with van der Waals surface area (Å²) in [5.74, 6) is -0.763. The Balaban J connectivity index is 1.80. The minimum absolute atomic E-state index is 0.135. The molecule has 0 saturated heterocycles. The van der Waals surface area contributed by atoms with Crippen molar-refractivity contribution in [3.05, 3.63) is 34.0 Å². The molecule has 3 nitrogen and oxygen atoms in total. The van der Waals surface area contributed by atoms with E-state index in [1.807, 2.05) is 12.1 Å². The molecule has 0 saturated carbocycles. The average molecular weight is 237 g/mol. The summed E-state index contributed by atoms with van der Waals surface area (Å²) in [5, 5.41) is 12.1. The maximum Gasteiger partial charge on any atom is 0.308 e. The number of hydrogen-bond donors (Lipinski definition) is 2. The highest BCUT2D eigenvalue weighted by Crippen LogP contribution is 2.18. The summed E-state index contributed by atoms with van der Waals surface area (Å²) in [7, 11) is 0. The number of hydrogen-bond acceptors (Lipinski definition) is 3. The summed E-state index contributed by atoms with van der Waals surface area (Å²) in [6.07, 6.45) is 6.74. The van der Waals surface area contributed by atoms with Crippen LogP contribution < -0.4 is 5.32 Å². The van der Waals surface area contributed by atoms with Crippen LogP contribution in [-0.2, 0) is 17.8 Å². The van der Waals surface area contributed by atoms with Gasteiger partial charge in [-0.2, -0.15) is 0 Å². The van der Waals surface area contributed by atoms with Gasteiger partial charge < -0.3 is 10.4 Å². The Morgan fingerprint density at radius 1 is 1.38 bits per heavy atom. The summed E-state index contributed by atoms with van der Waals surface area (Å²) in [4.78, 5) is 12.7. The van der Waals surface area contributed by atoms with Crippen LogP contribution in [0.25, 0.3) is 0 Å². The van der Waals surface area contributed by atoms with E-state index in [1.54, 1.807) is 11.3 Å². The predicted octanol–water partition coefficient (Wildman–Crippen LogP) is 2.18. The lowest BCUT2D eigenvalue weighted by molar-refractivity contribution is -0.136. The standard InChI is InChI=1S/C12H15NO2S/c14-12(15)7-10-5-6-11(16-10)8-13-9-3-1-2-4-9/h1-2,5-6,9,13H,3-4,7-8H2,(H,14,15). The van der Waals surface area contributed by atoms with Gasteiger partial charge in [0.05, 0.1) is 6.42 Å². The third-order valence-corrected chi connectivity index (χ3v) is 3.70. The highest BCUT2D eigenvalue weighted by atomic mass is 32.1. The van der Waals surface area contributed by atoms with Crippen molar-refractivity contribution in [1.82, 2.24) is 5.32 Å². The number of carbonyl (C=O) groups is 1. The van der Waals surface area contributed by atoms with E-state index in [0.717, 1.165) is 24.3 Å². The van der Waals surface area contributed by atoms with E-state index in [0.29, 0.717) is 6.04 Å². The van der Waals surface area contributed by atoms with Crippen molar-refractivity contribution < 1.29 is 9.90 Å². The molecular weight excluding hydrogens is 222 g/mol. The lowest BCUT2D eigenvalue weighted by Gasteiger charge is -2.10. The van der Waals surface area contributed by atoms with E-state index in [-0.39, 0.29) is 6.42 Å². The van der Waals surface area contributed by atoms with Crippen LogP contribution in [0.15, 0.2) is 24.3 Å². The zero-order valence-electron chi connectivity index (χ0n) is 8.98. The fraction of sp³-hybridized carbons (Fsp3) is 0.417. The first kappa shape index (κ1) is 11.4. The monoisotopic (exact) mass is 237 g/mol. The van der Waals surface area contributed by atoms with Gasteiger partial charge in [0.15, 0.2) is 0 Å². The van der Waals surface area contributed by atoms with Crippen LogP contribution in [-0.4, -0.2) is 17.1 Å². The first-order valence-corrected chi connectivity index (χ1v) is 6.23. The Bertz CT molecular complexity index is 389. The molecule has 2 N–H and O–H groups in total. The smallest absolute Gasteiger partial charge is 0.308 e. The number of thiophene rings is 1. The zero-order chi connectivity index (χ0) is 11.4. The van der Waals surface area contributed by atoms with E-state index in [4.69, 9.17) is 5.11 Å². The van der Waals surface area contributed by atoms with Crippen molar-refractivity contribution in [3.8, 4) is 0 Å². The van der Waals surface area contributed by atoms with Gasteiger partial charge in [0, 0.05) is 22.3 Å². The molecule has 0 fully saturated rings. The molecule has 0 amide bonds. The maximum absolute atomic E-state index is 10.5. The molecule has 1 heterocycles. The van der Waals surface area contributed by atoms with Gasteiger partial charge in [-0.3, -0.25) is 4.79 Å². The molecule has 1 aliphatic rings. The van der Waals surface area contributed by atoms with Crippen LogP contribution >= 0.6 is 11.3 Å². The number of carboxylic acid groups (broad SMARTS) is 1. The Kier molecular flexibility index (Phi) is 3.74. The van der Waals surface area contributed by atoms with Gasteiger partial charge in [-0.25, -0.2) is 0 Å². The van der Waals surface area contributed by atoms with Gasteiger partial charge >= 0.3 is 5.97 Å². The molecule has 0 aliphatic heterocycles. The number of carboxylic acids is 1. The molecule has 1 aromatic heterocycles. The quantitative estimate of drug-likeness (QED) is 0.772. The van der Waals surface area contributed by atoms with Crippen molar-refractivity contribution in [2.24, 2.45) is 0 Å². The largest absolute Gasteiger partial charge is 0.481 e. The molecule has 0 atom stereocenters. The first-order chi connectivity index (χ1) is 7.74. The minimum atomic E-state index is -0.763. The lowest BCUT2D eigenvalue weighted by Crippen LogP contribution is -2.25. The molecular formula is C12H15NO2S. The van der Waals surface area contributed by atoms with Crippen molar-refractivity contribution >= 4 is 17.3 Å². The van der Waals surface area contributed by atoms with Gasteiger partial charge in [0.2, 0.25) is 0 Å². The highest BCUT2D eigenvalue weighted by molar-refractivity contribution is 7.12. The second-order valence-electron chi connectivity index (χ2n) is 3.96. The molecule has 2 rings (SSSR count). The molecule has 0 bridgehead atoms. The van der Waals surface area contributed by atoms with Gasteiger partial charge in [-0.1, -0.05) is 12.2 Å². The van der Waals surface area contributed by atoms with Crippen molar-refractivity contribution in [1.29, 1.82) is 0 Å². The fourth-order valence-corrected chi connectivity index (χ4v) is 2.75. The second-order valence-corrected chi connectivity index (χ2v) is 5.21. The predicted molar refractivity (Wildman–Crippen MR) is 64.7 cm³/mol. The van der Waals surface area contributed by atoms with Crippen molar-refractivity contribution in [2.75, 3.05) is 0 Å². The first-order valence-electron chi connectivity index (χ1n) is 5.42. The van der Waals surface area contributed by atoms with E-state index in [9.17, 15) is 4.79 Å². The van der Waals surface area contributed by atoms with E-state index in [2.05, 4.69) is 17.5 Å². The zero-order valence-corrected chi connectivity index (χ0v) is 9.80. The minimum Gasteiger partial charge on any atom is -0.481 e. The molecule has 0 aromatic carbocycles. The van der Waals surface area contributed by atoms with Crippen molar-refractivity contribution in [3.63, 3.8) is 0 Å².